The van der Waals surface area contributed by atoms with E-state index in [0.717, 1.165) is 39.4 Å². The molecule has 0 spiro atoms. The molecule has 128 valence electrons. The maximum absolute atomic E-state index is 4.88. The molecule has 0 aliphatic heterocycles. The van der Waals surface area contributed by atoms with Crippen LogP contribution in [0.4, 0.5) is 0 Å². The Bertz CT molecular complexity index is 1190. The first kappa shape index (κ1) is 15.5. The average Bonchev–Trinajstić information content (AvgIpc) is 3.19. The summed E-state index contributed by atoms with van der Waals surface area (Å²) in [4.78, 5) is 4.88. The Hall–Kier alpha value is -3.72. The van der Waals surface area contributed by atoms with Crippen LogP contribution in [0.1, 0.15) is 0 Å². The first-order chi connectivity index (χ1) is 13.4. The molecule has 3 aromatic carbocycles. The molecule has 0 saturated carbocycles. The molecule has 0 radical (unpaired) electrons. The molecular weight excluding hydrogens is 330 g/mol. The lowest BCUT2D eigenvalue weighted by Gasteiger charge is -2.08. The highest BCUT2D eigenvalue weighted by Crippen LogP contribution is 2.28. The van der Waals surface area contributed by atoms with Crippen LogP contribution in [0.3, 0.4) is 0 Å². The van der Waals surface area contributed by atoms with Crippen molar-refractivity contribution in [2.24, 2.45) is 0 Å². The molecule has 3 heteroatoms. The predicted molar refractivity (Wildman–Crippen MR) is 109 cm³/mol. The van der Waals surface area contributed by atoms with Gasteiger partial charge < -0.3 is 0 Å². The van der Waals surface area contributed by atoms with Crippen molar-refractivity contribution in [3.05, 3.63) is 103 Å². The van der Waals surface area contributed by atoms with E-state index in [4.69, 9.17) is 10.1 Å². The zero-order chi connectivity index (χ0) is 18.1. The van der Waals surface area contributed by atoms with Crippen LogP contribution in [-0.2, 0) is 0 Å². The second kappa shape index (κ2) is 6.54. The number of rotatable bonds is 3. The third kappa shape index (κ3) is 2.89. The van der Waals surface area contributed by atoms with Crippen molar-refractivity contribution in [3.63, 3.8) is 0 Å². The molecule has 2 heterocycles. The van der Waals surface area contributed by atoms with Gasteiger partial charge in [-0.15, -0.1) is 0 Å². The number of hydrogen-bond donors (Lipinski definition) is 0. The standard InChI is InChI=1S/C24H17N3/c1-4-10-18(11-5-1)21-16-23(20-14-8-3-9-15-20)27-24(25-21)17-22(26-27)19-12-6-2-7-13-19/h1-17H. The van der Waals surface area contributed by atoms with E-state index in [1.807, 2.05) is 65.2 Å². The van der Waals surface area contributed by atoms with Crippen molar-refractivity contribution in [1.29, 1.82) is 0 Å². The maximum Gasteiger partial charge on any atom is 0.156 e. The van der Waals surface area contributed by atoms with Crippen molar-refractivity contribution < 1.29 is 0 Å². The monoisotopic (exact) mass is 347 g/mol. The van der Waals surface area contributed by atoms with Gasteiger partial charge >= 0.3 is 0 Å². The molecule has 0 saturated heterocycles. The lowest BCUT2D eigenvalue weighted by Crippen LogP contribution is -1.98. The highest BCUT2D eigenvalue weighted by Gasteiger charge is 2.13. The van der Waals surface area contributed by atoms with Gasteiger partial charge in [0.2, 0.25) is 0 Å². The van der Waals surface area contributed by atoms with Gasteiger partial charge in [0.25, 0.3) is 0 Å². The van der Waals surface area contributed by atoms with Gasteiger partial charge in [-0.25, -0.2) is 9.50 Å². The minimum absolute atomic E-state index is 0.842. The third-order valence-corrected chi connectivity index (χ3v) is 4.64. The Balaban J connectivity index is 1.78. The summed E-state index contributed by atoms with van der Waals surface area (Å²) in [5.74, 6) is 0. The zero-order valence-electron chi connectivity index (χ0n) is 14.7. The maximum atomic E-state index is 4.88. The van der Waals surface area contributed by atoms with E-state index in [1.54, 1.807) is 0 Å². The summed E-state index contributed by atoms with van der Waals surface area (Å²) >= 11 is 0. The van der Waals surface area contributed by atoms with Gasteiger partial charge in [0, 0.05) is 22.8 Å². The van der Waals surface area contributed by atoms with E-state index in [9.17, 15) is 0 Å². The Labute approximate surface area is 157 Å². The van der Waals surface area contributed by atoms with Gasteiger partial charge in [-0.2, -0.15) is 5.10 Å². The first-order valence-corrected chi connectivity index (χ1v) is 8.95. The fourth-order valence-electron chi connectivity index (χ4n) is 3.30. The molecule has 0 bridgehead atoms. The summed E-state index contributed by atoms with van der Waals surface area (Å²) in [6, 6.07) is 35.0. The molecule has 0 unspecified atom stereocenters. The van der Waals surface area contributed by atoms with Gasteiger partial charge in [-0.05, 0) is 6.07 Å². The molecule has 3 nitrogen and oxygen atoms in total. The second-order valence-corrected chi connectivity index (χ2v) is 6.42. The van der Waals surface area contributed by atoms with Gasteiger partial charge in [-0.3, -0.25) is 0 Å². The van der Waals surface area contributed by atoms with Gasteiger partial charge in [0.1, 0.15) is 0 Å². The first-order valence-electron chi connectivity index (χ1n) is 8.95. The van der Waals surface area contributed by atoms with Gasteiger partial charge in [0.05, 0.1) is 17.1 Å². The quantitative estimate of drug-likeness (QED) is 0.417. The summed E-state index contributed by atoms with van der Waals surface area (Å²) < 4.78 is 1.93. The third-order valence-electron chi connectivity index (χ3n) is 4.64. The highest BCUT2D eigenvalue weighted by molar-refractivity contribution is 5.74. The molecule has 27 heavy (non-hydrogen) atoms. The zero-order valence-corrected chi connectivity index (χ0v) is 14.7. The van der Waals surface area contributed by atoms with Crippen molar-refractivity contribution >= 4 is 5.65 Å². The minimum atomic E-state index is 0.842. The Morgan fingerprint density at radius 1 is 0.519 bits per heavy atom. The predicted octanol–water partition coefficient (Wildman–Crippen LogP) is 5.73. The SMILES string of the molecule is c1ccc(-c2cc(-c3ccccc3)n3nc(-c4ccccc4)cc3n2)cc1. The van der Waals surface area contributed by atoms with Crippen LogP contribution in [0.5, 0.6) is 0 Å². The molecule has 5 rings (SSSR count). The lowest BCUT2D eigenvalue weighted by molar-refractivity contribution is 0.953. The number of fused-ring (bicyclic) bond motifs is 1. The van der Waals surface area contributed by atoms with Crippen molar-refractivity contribution in [2.75, 3.05) is 0 Å². The summed E-state index contributed by atoms with van der Waals surface area (Å²) in [6.45, 7) is 0. The molecule has 0 aliphatic rings. The van der Waals surface area contributed by atoms with E-state index >= 15 is 0 Å². The van der Waals surface area contributed by atoms with Crippen LogP contribution < -0.4 is 0 Å². The van der Waals surface area contributed by atoms with Crippen LogP contribution >= 0.6 is 0 Å². The van der Waals surface area contributed by atoms with E-state index < -0.39 is 0 Å². The van der Waals surface area contributed by atoms with E-state index in [2.05, 4.69) is 42.5 Å². The van der Waals surface area contributed by atoms with E-state index in [1.165, 1.54) is 0 Å². The van der Waals surface area contributed by atoms with Crippen LogP contribution in [0, 0.1) is 0 Å². The molecule has 0 aliphatic carbocycles. The molecule has 2 aromatic heterocycles. The molecule has 0 fully saturated rings. The molecule has 0 N–H and O–H groups in total. The normalized spacial score (nSPS) is 11.0. The van der Waals surface area contributed by atoms with Crippen molar-refractivity contribution in [2.45, 2.75) is 0 Å². The van der Waals surface area contributed by atoms with Gasteiger partial charge in [0.15, 0.2) is 5.65 Å². The second-order valence-electron chi connectivity index (χ2n) is 6.42. The number of hydrogen-bond acceptors (Lipinski definition) is 2. The van der Waals surface area contributed by atoms with Crippen LogP contribution in [0.15, 0.2) is 103 Å². The minimum Gasteiger partial charge on any atom is -0.228 e. The fraction of sp³-hybridized carbons (Fsp3) is 0. The molecule has 0 atom stereocenters. The number of aromatic nitrogens is 3. The Kier molecular flexibility index (Phi) is 3.76. The van der Waals surface area contributed by atoms with Crippen molar-refractivity contribution in [1.82, 2.24) is 14.6 Å². The average molecular weight is 347 g/mol. The number of benzene rings is 3. The molecule has 0 amide bonds. The summed E-state index contributed by atoms with van der Waals surface area (Å²) in [7, 11) is 0. The van der Waals surface area contributed by atoms with E-state index in [-0.39, 0.29) is 0 Å². The lowest BCUT2D eigenvalue weighted by atomic mass is 10.1. The molecular formula is C24H17N3. The molecule has 5 aromatic rings. The summed E-state index contributed by atoms with van der Waals surface area (Å²) in [6.07, 6.45) is 0. The van der Waals surface area contributed by atoms with Crippen LogP contribution in [0.25, 0.3) is 39.4 Å². The number of nitrogens with zero attached hydrogens (tertiary/aromatic N) is 3. The van der Waals surface area contributed by atoms with Gasteiger partial charge in [-0.1, -0.05) is 91.0 Å². The van der Waals surface area contributed by atoms with Crippen LogP contribution in [-0.4, -0.2) is 14.6 Å². The Morgan fingerprint density at radius 2 is 1.04 bits per heavy atom. The summed E-state index contributed by atoms with van der Waals surface area (Å²) in [5.41, 5.74) is 7.04. The fourth-order valence-corrected chi connectivity index (χ4v) is 3.30. The van der Waals surface area contributed by atoms with Crippen LogP contribution in [0.2, 0.25) is 0 Å². The highest BCUT2D eigenvalue weighted by atomic mass is 15.3. The largest absolute Gasteiger partial charge is 0.228 e. The summed E-state index contributed by atoms with van der Waals surface area (Å²) in [5, 5.41) is 4.85. The smallest absolute Gasteiger partial charge is 0.156 e. The van der Waals surface area contributed by atoms with E-state index in [0.29, 0.717) is 0 Å². The Morgan fingerprint density at radius 3 is 1.63 bits per heavy atom. The topological polar surface area (TPSA) is 30.2 Å². The van der Waals surface area contributed by atoms with Crippen molar-refractivity contribution in [3.8, 4) is 33.8 Å².